The van der Waals surface area contributed by atoms with Crippen LogP contribution in [0.5, 0.6) is 0 Å². The number of carbonyl (C=O) groups is 3. The number of nitrogens with zero attached hydrogens (tertiary/aromatic N) is 3. The van der Waals surface area contributed by atoms with Crippen LogP contribution in [0.1, 0.15) is 53.9 Å². The van der Waals surface area contributed by atoms with E-state index in [1.807, 2.05) is 37.9 Å². The molecule has 0 aromatic rings. The Balaban J connectivity index is 1.55. The molecule has 0 radical (unpaired) electrons. The van der Waals surface area contributed by atoms with Crippen molar-refractivity contribution in [1.29, 1.82) is 0 Å². The van der Waals surface area contributed by atoms with Gasteiger partial charge in [0, 0.05) is 57.2 Å². The van der Waals surface area contributed by atoms with Gasteiger partial charge in [-0.2, -0.15) is 0 Å². The first-order valence-corrected chi connectivity index (χ1v) is 16.7. The van der Waals surface area contributed by atoms with E-state index >= 15 is 0 Å². The molecule has 4 aliphatic heterocycles. The number of aliphatic hydroxyl groups excluding tert-OH is 1. The molecule has 0 aliphatic carbocycles. The van der Waals surface area contributed by atoms with Crippen molar-refractivity contribution in [3.05, 3.63) is 0 Å². The second-order valence-corrected chi connectivity index (χ2v) is 14.9. The van der Waals surface area contributed by atoms with Crippen LogP contribution in [-0.4, -0.2) is 148 Å². The Hall–Kier alpha value is -1.67. The molecule has 0 spiro atoms. The molecule has 12 heteroatoms. The summed E-state index contributed by atoms with van der Waals surface area (Å²) in [5.74, 6) is -1.13. The number of hydrogen-bond donors (Lipinski definition) is 2. The molecule has 4 heterocycles. The summed E-state index contributed by atoms with van der Waals surface area (Å²) in [4.78, 5) is 46.7. The molecule has 2 N–H and O–H groups in total. The van der Waals surface area contributed by atoms with Crippen molar-refractivity contribution in [2.24, 2.45) is 29.1 Å². The van der Waals surface area contributed by atoms with Gasteiger partial charge in [-0.05, 0) is 73.6 Å². The van der Waals surface area contributed by atoms with Gasteiger partial charge in [0.2, 0.25) is 5.91 Å². The lowest BCUT2D eigenvalue weighted by atomic mass is 9.78. The number of esters is 1. The molecule has 4 rings (SSSR count). The minimum absolute atomic E-state index is 0.0358. The van der Waals surface area contributed by atoms with E-state index in [0.717, 1.165) is 19.5 Å². The average molecular weight is 639 g/mol. The summed E-state index contributed by atoms with van der Waals surface area (Å²) in [7, 11) is 7.47. The fourth-order valence-electron chi connectivity index (χ4n) is 7.64. The highest BCUT2D eigenvalue weighted by molar-refractivity contribution is 6.04. The van der Waals surface area contributed by atoms with E-state index in [-0.39, 0.29) is 54.2 Å². The Morgan fingerprint density at radius 3 is 2.40 bits per heavy atom. The molecule has 0 saturated carbocycles. The Labute approximate surface area is 269 Å². The number of nitrogens with one attached hydrogen (secondary N) is 1. The van der Waals surface area contributed by atoms with Crippen LogP contribution in [0.15, 0.2) is 0 Å². The SMILES string of the molecule is CO[C@@H]1C[C@@H](C)CN(C)[C@H](C2CN(C(=O)[C@@H]3CCNC3)C2)COC(=O)C(C)(C)C(=O)[C@H](C)[C@H]1O[C@@H]1O[C@H](C)C[C@H](N(C)C)[C@H]1O. The molecule has 4 aliphatic rings. The summed E-state index contributed by atoms with van der Waals surface area (Å²) in [6, 6.07) is -0.279. The highest BCUT2D eigenvalue weighted by Gasteiger charge is 2.49. The molecule has 258 valence electrons. The van der Waals surface area contributed by atoms with E-state index in [9.17, 15) is 19.5 Å². The van der Waals surface area contributed by atoms with Gasteiger partial charge < -0.3 is 39.2 Å². The number of aliphatic hydroxyl groups is 1. The number of rotatable bonds is 6. The molecule has 12 nitrogen and oxygen atoms in total. The van der Waals surface area contributed by atoms with Crippen LogP contribution in [0.2, 0.25) is 0 Å². The molecule has 4 fully saturated rings. The predicted octanol–water partition coefficient (Wildman–Crippen LogP) is 0.995. The first-order chi connectivity index (χ1) is 21.1. The minimum Gasteiger partial charge on any atom is -0.463 e. The van der Waals surface area contributed by atoms with Crippen molar-refractivity contribution in [3.8, 4) is 0 Å². The van der Waals surface area contributed by atoms with Crippen LogP contribution < -0.4 is 5.32 Å². The van der Waals surface area contributed by atoms with Crippen LogP contribution >= 0.6 is 0 Å². The van der Waals surface area contributed by atoms with Gasteiger partial charge in [-0.15, -0.1) is 0 Å². The van der Waals surface area contributed by atoms with Crippen LogP contribution in [0.3, 0.4) is 0 Å². The lowest BCUT2D eigenvalue weighted by Crippen LogP contribution is -2.60. The summed E-state index contributed by atoms with van der Waals surface area (Å²) >= 11 is 0. The fourth-order valence-corrected chi connectivity index (χ4v) is 7.64. The number of likely N-dealkylation sites (N-methyl/N-ethyl adjacent to an activating group) is 2. The zero-order chi connectivity index (χ0) is 33.2. The minimum atomic E-state index is -1.44. The van der Waals surface area contributed by atoms with E-state index in [4.69, 9.17) is 18.9 Å². The van der Waals surface area contributed by atoms with Crippen molar-refractivity contribution in [3.63, 3.8) is 0 Å². The van der Waals surface area contributed by atoms with Gasteiger partial charge in [-0.3, -0.25) is 19.3 Å². The number of methoxy groups -OCH3 is 1. The normalized spacial score (nSPS) is 39.5. The van der Waals surface area contributed by atoms with Gasteiger partial charge in [0.05, 0.1) is 24.2 Å². The van der Waals surface area contributed by atoms with Gasteiger partial charge in [0.1, 0.15) is 18.1 Å². The third-order valence-corrected chi connectivity index (χ3v) is 10.6. The van der Waals surface area contributed by atoms with E-state index < -0.39 is 41.9 Å². The van der Waals surface area contributed by atoms with Crippen molar-refractivity contribution < 1.29 is 38.4 Å². The first kappa shape index (κ1) is 36.2. The van der Waals surface area contributed by atoms with E-state index in [1.165, 1.54) is 0 Å². The van der Waals surface area contributed by atoms with Crippen LogP contribution in [0.4, 0.5) is 0 Å². The van der Waals surface area contributed by atoms with E-state index in [1.54, 1.807) is 27.9 Å². The second-order valence-electron chi connectivity index (χ2n) is 14.9. The van der Waals surface area contributed by atoms with Gasteiger partial charge in [-0.25, -0.2) is 0 Å². The zero-order valence-corrected chi connectivity index (χ0v) is 28.9. The molecular formula is C33H58N4O8. The molecule has 0 aromatic heterocycles. The Morgan fingerprint density at radius 1 is 1.11 bits per heavy atom. The number of carbonyl (C=O) groups excluding carboxylic acids is 3. The summed E-state index contributed by atoms with van der Waals surface area (Å²) < 4.78 is 24.6. The van der Waals surface area contributed by atoms with Crippen LogP contribution in [0.25, 0.3) is 0 Å². The molecule has 0 unspecified atom stereocenters. The standard InChI is InChI=1S/C33H58N4O8/c1-19-12-26(42-9)28(45-31-27(38)24(35(6)7)13-20(2)44-31)21(3)29(39)33(4,5)32(41)43-18-25(36(8)15-19)23-16-37(17-23)30(40)22-10-11-34-14-22/h19-28,31,34,38H,10-18H2,1-9H3/t19-,20-,21-,22-,24+,25+,26-,27-,28-,31+/m1/s1. The number of hydrogen-bond acceptors (Lipinski definition) is 11. The number of likely N-dealkylation sites (tertiary alicyclic amines) is 1. The van der Waals surface area contributed by atoms with Gasteiger partial charge in [0.25, 0.3) is 0 Å². The maximum absolute atomic E-state index is 14.1. The monoisotopic (exact) mass is 638 g/mol. The van der Waals surface area contributed by atoms with Crippen LogP contribution in [-0.2, 0) is 33.3 Å². The maximum Gasteiger partial charge on any atom is 0.319 e. The largest absolute Gasteiger partial charge is 0.463 e. The highest BCUT2D eigenvalue weighted by Crippen LogP contribution is 2.34. The van der Waals surface area contributed by atoms with Crippen molar-refractivity contribution in [2.45, 2.75) is 96.7 Å². The molecular weight excluding hydrogens is 580 g/mol. The maximum atomic E-state index is 14.1. The topological polar surface area (TPSA) is 130 Å². The summed E-state index contributed by atoms with van der Waals surface area (Å²) in [6.45, 7) is 12.7. The first-order valence-electron chi connectivity index (χ1n) is 16.7. The molecule has 4 saturated heterocycles. The zero-order valence-electron chi connectivity index (χ0n) is 28.9. The number of cyclic esters (lactones) is 1. The number of ether oxygens (including phenoxy) is 4. The molecule has 10 atom stereocenters. The molecule has 0 aromatic carbocycles. The Morgan fingerprint density at radius 2 is 1.80 bits per heavy atom. The molecule has 45 heavy (non-hydrogen) atoms. The number of Topliss-reactive ketones (excluding diaryl/α,β-unsaturated/α-hetero) is 1. The highest BCUT2D eigenvalue weighted by atomic mass is 16.7. The smallest absolute Gasteiger partial charge is 0.319 e. The number of ketones is 1. The number of amides is 1. The summed E-state index contributed by atoms with van der Waals surface area (Å²) in [5.41, 5.74) is -1.44. The fraction of sp³-hybridized carbons (Fsp3) is 0.909. The van der Waals surface area contributed by atoms with E-state index in [0.29, 0.717) is 32.5 Å². The molecule has 0 bridgehead atoms. The molecule has 1 amide bonds. The quantitative estimate of drug-likeness (QED) is 0.319. The predicted molar refractivity (Wildman–Crippen MR) is 168 cm³/mol. The van der Waals surface area contributed by atoms with Crippen molar-refractivity contribution in [2.75, 3.05) is 67.6 Å². The lowest BCUT2D eigenvalue weighted by molar-refractivity contribution is -0.284. The lowest BCUT2D eigenvalue weighted by Gasteiger charge is -2.47. The van der Waals surface area contributed by atoms with Crippen LogP contribution in [0, 0.1) is 29.1 Å². The van der Waals surface area contributed by atoms with Crippen molar-refractivity contribution >= 4 is 17.7 Å². The van der Waals surface area contributed by atoms with Gasteiger partial charge in [-0.1, -0.05) is 13.8 Å². The van der Waals surface area contributed by atoms with Gasteiger partial charge >= 0.3 is 5.97 Å². The second kappa shape index (κ2) is 15.0. The van der Waals surface area contributed by atoms with E-state index in [2.05, 4.69) is 17.1 Å². The average Bonchev–Trinajstić information content (AvgIpc) is 3.50. The Kier molecular flexibility index (Phi) is 12.1. The Bertz CT molecular complexity index is 1030. The van der Waals surface area contributed by atoms with Crippen molar-refractivity contribution in [1.82, 2.24) is 20.0 Å². The summed E-state index contributed by atoms with van der Waals surface area (Å²) in [5, 5.41) is 14.5. The third-order valence-electron chi connectivity index (χ3n) is 10.6. The van der Waals surface area contributed by atoms with Gasteiger partial charge in [0.15, 0.2) is 12.1 Å². The third kappa shape index (κ3) is 8.08. The summed E-state index contributed by atoms with van der Waals surface area (Å²) in [6.07, 6.45) is -1.22.